The molecule has 0 saturated heterocycles. The van der Waals surface area contributed by atoms with E-state index in [2.05, 4.69) is 4.98 Å². The lowest BCUT2D eigenvalue weighted by Crippen LogP contribution is -2.37. The normalized spacial score (nSPS) is 15.4. The van der Waals surface area contributed by atoms with E-state index in [4.69, 9.17) is 5.73 Å². The molecule has 13 heavy (non-hydrogen) atoms. The third-order valence-electron chi connectivity index (χ3n) is 2.18. The van der Waals surface area contributed by atoms with Crippen molar-refractivity contribution < 1.29 is 4.39 Å². The molecule has 1 atom stereocenters. The Morgan fingerprint density at radius 2 is 2.23 bits per heavy atom. The van der Waals surface area contributed by atoms with Gasteiger partial charge in [0.15, 0.2) is 0 Å². The summed E-state index contributed by atoms with van der Waals surface area (Å²) in [5, 5.41) is 0. The molecule has 1 rings (SSSR count). The standard InChI is InChI=1S/C10H15FN2/c1-3-10(2,12)5-8-4-9(11)7-13-6-8/h4,6-7H,3,5,12H2,1-2H3. The predicted molar refractivity (Wildman–Crippen MR) is 50.8 cm³/mol. The van der Waals surface area contributed by atoms with E-state index in [0.29, 0.717) is 6.42 Å². The van der Waals surface area contributed by atoms with Crippen LogP contribution in [0.25, 0.3) is 0 Å². The van der Waals surface area contributed by atoms with Crippen molar-refractivity contribution in [2.24, 2.45) is 5.73 Å². The summed E-state index contributed by atoms with van der Waals surface area (Å²) in [5.74, 6) is -0.301. The summed E-state index contributed by atoms with van der Waals surface area (Å²) in [7, 11) is 0. The summed E-state index contributed by atoms with van der Waals surface area (Å²) >= 11 is 0. The van der Waals surface area contributed by atoms with Crippen LogP contribution in [0.1, 0.15) is 25.8 Å². The fraction of sp³-hybridized carbons (Fsp3) is 0.500. The maximum atomic E-state index is 12.7. The zero-order valence-electron chi connectivity index (χ0n) is 8.05. The Morgan fingerprint density at radius 3 is 2.77 bits per heavy atom. The van der Waals surface area contributed by atoms with Crippen LogP contribution in [0.4, 0.5) is 4.39 Å². The third-order valence-corrected chi connectivity index (χ3v) is 2.18. The molecule has 0 fully saturated rings. The molecule has 1 aromatic heterocycles. The van der Waals surface area contributed by atoms with Crippen molar-refractivity contribution in [3.63, 3.8) is 0 Å². The second-order valence-electron chi connectivity index (χ2n) is 3.70. The molecule has 3 heteroatoms. The Bertz CT molecular complexity index is 284. The smallest absolute Gasteiger partial charge is 0.141 e. The van der Waals surface area contributed by atoms with Crippen LogP contribution in [0, 0.1) is 5.82 Å². The van der Waals surface area contributed by atoms with E-state index in [9.17, 15) is 4.39 Å². The lowest BCUT2D eigenvalue weighted by molar-refractivity contribution is 0.448. The highest BCUT2D eigenvalue weighted by atomic mass is 19.1. The quantitative estimate of drug-likeness (QED) is 0.775. The second-order valence-corrected chi connectivity index (χ2v) is 3.70. The second kappa shape index (κ2) is 3.83. The first-order valence-corrected chi connectivity index (χ1v) is 4.42. The molecule has 0 saturated carbocycles. The van der Waals surface area contributed by atoms with Gasteiger partial charge in [0, 0.05) is 11.7 Å². The first kappa shape index (κ1) is 10.1. The van der Waals surface area contributed by atoms with Gasteiger partial charge in [-0.15, -0.1) is 0 Å². The summed E-state index contributed by atoms with van der Waals surface area (Å²) in [4.78, 5) is 3.77. The molecule has 1 heterocycles. The van der Waals surface area contributed by atoms with Gasteiger partial charge in [-0.1, -0.05) is 6.92 Å². The number of nitrogens with two attached hydrogens (primary N) is 1. The molecule has 0 aliphatic carbocycles. The molecule has 2 N–H and O–H groups in total. The number of pyridine rings is 1. The largest absolute Gasteiger partial charge is 0.325 e. The van der Waals surface area contributed by atoms with Crippen LogP contribution in [0.3, 0.4) is 0 Å². The lowest BCUT2D eigenvalue weighted by Gasteiger charge is -2.22. The summed E-state index contributed by atoms with van der Waals surface area (Å²) in [6, 6.07) is 1.48. The molecule has 0 spiro atoms. The maximum absolute atomic E-state index is 12.7. The van der Waals surface area contributed by atoms with Gasteiger partial charge in [0.1, 0.15) is 5.82 Å². The minimum Gasteiger partial charge on any atom is -0.325 e. The van der Waals surface area contributed by atoms with Gasteiger partial charge in [-0.2, -0.15) is 0 Å². The fourth-order valence-corrected chi connectivity index (χ4v) is 1.14. The molecular weight excluding hydrogens is 167 g/mol. The first-order valence-electron chi connectivity index (χ1n) is 4.42. The number of hydrogen-bond acceptors (Lipinski definition) is 2. The highest BCUT2D eigenvalue weighted by molar-refractivity contribution is 5.13. The van der Waals surface area contributed by atoms with Crippen LogP contribution in [0.5, 0.6) is 0 Å². The van der Waals surface area contributed by atoms with Crippen LogP contribution in [-0.4, -0.2) is 10.5 Å². The molecule has 0 radical (unpaired) electrons. The van der Waals surface area contributed by atoms with Gasteiger partial charge in [0.2, 0.25) is 0 Å². The van der Waals surface area contributed by atoms with Gasteiger partial charge < -0.3 is 5.73 Å². The van der Waals surface area contributed by atoms with Gasteiger partial charge >= 0.3 is 0 Å². The van der Waals surface area contributed by atoms with Gasteiger partial charge in [0.25, 0.3) is 0 Å². The molecule has 0 amide bonds. The highest BCUT2D eigenvalue weighted by Gasteiger charge is 2.16. The van der Waals surface area contributed by atoms with E-state index < -0.39 is 0 Å². The Morgan fingerprint density at radius 1 is 1.54 bits per heavy atom. The Balaban J connectivity index is 2.74. The molecule has 72 valence electrons. The summed E-state index contributed by atoms with van der Waals surface area (Å²) in [6.45, 7) is 3.98. The van der Waals surface area contributed by atoms with Crippen molar-refractivity contribution in [2.75, 3.05) is 0 Å². The zero-order chi connectivity index (χ0) is 9.90. The Labute approximate surface area is 78.0 Å². The van der Waals surface area contributed by atoms with Crippen molar-refractivity contribution in [2.45, 2.75) is 32.2 Å². The monoisotopic (exact) mass is 182 g/mol. The first-order chi connectivity index (χ1) is 6.03. The molecule has 1 unspecified atom stereocenters. The van der Waals surface area contributed by atoms with Crippen LogP contribution >= 0.6 is 0 Å². The fourth-order valence-electron chi connectivity index (χ4n) is 1.14. The Kier molecular flexibility index (Phi) is 2.98. The van der Waals surface area contributed by atoms with E-state index in [1.54, 1.807) is 6.20 Å². The van der Waals surface area contributed by atoms with Crippen LogP contribution in [0.2, 0.25) is 0 Å². The van der Waals surface area contributed by atoms with Crippen molar-refractivity contribution in [1.29, 1.82) is 0 Å². The topological polar surface area (TPSA) is 38.9 Å². The minimum atomic E-state index is -0.301. The van der Waals surface area contributed by atoms with Crippen molar-refractivity contribution in [3.8, 4) is 0 Å². The SMILES string of the molecule is CCC(C)(N)Cc1cncc(F)c1. The summed E-state index contributed by atoms with van der Waals surface area (Å²) in [6.07, 6.45) is 4.38. The number of hydrogen-bond donors (Lipinski definition) is 1. The van der Waals surface area contributed by atoms with Gasteiger partial charge in [-0.25, -0.2) is 4.39 Å². The average molecular weight is 182 g/mol. The predicted octanol–water partition coefficient (Wildman–Crippen LogP) is 1.89. The van der Waals surface area contributed by atoms with Crippen molar-refractivity contribution in [1.82, 2.24) is 4.98 Å². The molecule has 0 aliphatic rings. The van der Waals surface area contributed by atoms with E-state index in [-0.39, 0.29) is 11.4 Å². The maximum Gasteiger partial charge on any atom is 0.141 e. The summed E-state index contributed by atoms with van der Waals surface area (Å²) in [5.41, 5.74) is 6.53. The van der Waals surface area contributed by atoms with E-state index in [1.807, 2.05) is 13.8 Å². The molecule has 0 aromatic carbocycles. The highest BCUT2D eigenvalue weighted by Crippen LogP contribution is 2.13. The van der Waals surface area contributed by atoms with Gasteiger partial charge in [-0.3, -0.25) is 4.98 Å². The minimum absolute atomic E-state index is 0.268. The van der Waals surface area contributed by atoms with Crippen molar-refractivity contribution >= 4 is 0 Å². The lowest BCUT2D eigenvalue weighted by atomic mass is 9.92. The molecular formula is C10H15FN2. The molecule has 0 aliphatic heterocycles. The summed E-state index contributed by atoms with van der Waals surface area (Å²) < 4.78 is 12.7. The van der Waals surface area contributed by atoms with Gasteiger partial charge in [0.05, 0.1) is 6.20 Å². The zero-order valence-corrected chi connectivity index (χ0v) is 8.05. The molecule has 2 nitrogen and oxygen atoms in total. The van der Waals surface area contributed by atoms with E-state index in [1.165, 1.54) is 12.3 Å². The Hall–Kier alpha value is -0.960. The number of rotatable bonds is 3. The number of halogens is 1. The van der Waals surface area contributed by atoms with Crippen LogP contribution < -0.4 is 5.73 Å². The molecule has 0 bridgehead atoms. The number of aromatic nitrogens is 1. The van der Waals surface area contributed by atoms with E-state index >= 15 is 0 Å². The van der Waals surface area contributed by atoms with E-state index in [0.717, 1.165) is 12.0 Å². The van der Waals surface area contributed by atoms with Crippen molar-refractivity contribution in [3.05, 3.63) is 29.8 Å². The third kappa shape index (κ3) is 3.11. The van der Waals surface area contributed by atoms with Crippen LogP contribution in [0.15, 0.2) is 18.5 Å². The number of nitrogens with zero attached hydrogens (tertiary/aromatic N) is 1. The molecule has 1 aromatic rings. The van der Waals surface area contributed by atoms with Gasteiger partial charge in [-0.05, 0) is 31.4 Å². The average Bonchev–Trinajstić information content (AvgIpc) is 2.03. The van der Waals surface area contributed by atoms with Crippen LogP contribution in [-0.2, 0) is 6.42 Å².